The molecule has 1 aliphatic rings. The molecule has 0 aliphatic carbocycles. The third-order valence-electron chi connectivity index (χ3n) is 3.21. The van der Waals surface area contributed by atoms with E-state index < -0.39 is 12.0 Å². The number of carboxylic acids is 1. The molecule has 0 aromatic carbocycles. The van der Waals surface area contributed by atoms with Gasteiger partial charge in [-0.15, -0.1) is 0 Å². The van der Waals surface area contributed by atoms with Gasteiger partial charge in [0.1, 0.15) is 6.04 Å². The summed E-state index contributed by atoms with van der Waals surface area (Å²) in [7, 11) is 1.80. The molecule has 2 heterocycles. The zero-order chi connectivity index (χ0) is 11.7. The minimum absolute atomic E-state index is 0.335. The number of carbonyl (C=O) groups is 1. The number of carboxylic acid groups (broad SMARTS) is 1. The summed E-state index contributed by atoms with van der Waals surface area (Å²) in [5.74, 6) is -0.790. The maximum absolute atomic E-state index is 11.4. The lowest BCUT2D eigenvalue weighted by atomic mass is 10.1. The number of nitrogens with zero attached hydrogens (tertiary/aromatic N) is 3. The summed E-state index contributed by atoms with van der Waals surface area (Å²) in [5.41, 5.74) is 0.767. The summed E-state index contributed by atoms with van der Waals surface area (Å²) in [5, 5.41) is 13.4. The van der Waals surface area contributed by atoms with Crippen molar-refractivity contribution in [2.75, 3.05) is 6.54 Å². The van der Waals surface area contributed by atoms with Crippen LogP contribution in [-0.4, -0.2) is 38.3 Å². The van der Waals surface area contributed by atoms with Crippen LogP contribution in [0.3, 0.4) is 0 Å². The molecule has 1 aromatic heterocycles. The molecule has 1 aromatic rings. The second kappa shape index (κ2) is 4.25. The summed E-state index contributed by atoms with van der Waals surface area (Å²) in [6.45, 7) is 2.94. The molecule has 5 nitrogen and oxygen atoms in total. The Bertz CT molecular complexity index is 388. The molecule has 5 heteroatoms. The van der Waals surface area contributed by atoms with E-state index in [4.69, 9.17) is 0 Å². The molecule has 0 spiro atoms. The molecule has 16 heavy (non-hydrogen) atoms. The van der Waals surface area contributed by atoms with Gasteiger partial charge in [-0.2, -0.15) is 5.10 Å². The smallest absolute Gasteiger partial charge is 0.325 e. The van der Waals surface area contributed by atoms with Crippen molar-refractivity contribution in [3.05, 3.63) is 18.0 Å². The number of hydrogen-bond donors (Lipinski definition) is 1. The van der Waals surface area contributed by atoms with E-state index in [-0.39, 0.29) is 0 Å². The van der Waals surface area contributed by atoms with Gasteiger partial charge in [0.2, 0.25) is 0 Å². The first-order valence-corrected chi connectivity index (χ1v) is 5.56. The third kappa shape index (κ3) is 1.95. The van der Waals surface area contributed by atoms with Crippen LogP contribution in [0.5, 0.6) is 0 Å². The van der Waals surface area contributed by atoms with Crippen LogP contribution in [-0.2, 0) is 11.8 Å². The maximum Gasteiger partial charge on any atom is 0.325 e. The van der Waals surface area contributed by atoms with E-state index in [9.17, 15) is 9.90 Å². The number of hydrogen-bond acceptors (Lipinski definition) is 3. The fourth-order valence-corrected chi connectivity index (χ4v) is 2.40. The minimum atomic E-state index is -0.790. The lowest BCUT2D eigenvalue weighted by molar-refractivity contribution is -0.143. The molecule has 0 amide bonds. The number of aryl methyl sites for hydroxylation is 1. The Hall–Kier alpha value is -1.36. The van der Waals surface area contributed by atoms with Gasteiger partial charge in [0.05, 0.1) is 6.20 Å². The van der Waals surface area contributed by atoms with Gasteiger partial charge in [0.25, 0.3) is 0 Å². The van der Waals surface area contributed by atoms with Crippen LogP contribution >= 0.6 is 0 Å². The Balaban J connectivity index is 2.27. The molecule has 2 atom stereocenters. The monoisotopic (exact) mass is 223 g/mol. The molecule has 2 unspecified atom stereocenters. The van der Waals surface area contributed by atoms with E-state index in [2.05, 4.69) is 12.0 Å². The lowest BCUT2D eigenvalue weighted by Gasteiger charge is -2.27. The number of aliphatic carboxylic acids is 1. The molecule has 0 saturated carbocycles. The van der Waals surface area contributed by atoms with Crippen LogP contribution in [0, 0.1) is 0 Å². The van der Waals surface area contributed by atoms with Crippen LogP contribution in [0.4, 0.5) is 0 Å². The van der Waals surface area contributed by atoms with Crippen LogP contribution in [0.2, 0.25) is 0 Å². The summed E-state index contributed by atoms with van der Waals surface area (Å²) >= 11 is 0. The van der Waals surface area contributed by atoms with Crippen LogP contribution < -0.4 is 0 Å². The zero-order valence-corrected chi connectivity index (χ0v) is 9.63. The van der Waals surface area contributed by atoms with Crippen molar-refractivity contribution in [1.82, 2.24) is 14.7 Å². The highest BCUT2D eigenvalue weighted by Gasteiger charge is 2.34. The van der Waals surface area contributed by atoms with Crippen molar-refractivity contribution in [3.8, 4) is 0 Å². The summed E-state index contributed by atoms with van der Waals surface area (Å²) in [4.78, 5) is 13.4. The van der Waals surface area contributed by atoms with Gasteiger partial charge in [-0.3, -0.25) is 14.4 Å². The van der Waals surface area contributed by atoms with Crippen molar-refractivity contribution in [1.29, 1.82) is 0 Å². The predicted molar refractivity (Wildman–Crippen MR) is 59.0 cm³/mol. The quantitative estimate of drug-likeness (QED) is 0.831. The van der Waals surface area contributed by atoms with Crippen molar-refractivity contribution < 1.29 is 9.90 Å². The summed E-state index contributed by atoms with van der Waals surface area (Å²) in [6, 6.07) is -0.215. The van der Waals surface area contributed by atoms with Crippen molar-refractivity contribution in [2.45, 2.75) is 31.8 Å². The van der Waals surface area contributed by atoms with Crippen LogP contribution in [0.25, 0.3) is 0 Å². The van der Waals surface area contributed by atoms with E-state index >= 15 is 0 Å². The first kappa shape index (κ1) is 11.1. The molecule has 1 fully saturated rings. The van der Waals surface area contributed by atoms with Gasteiger partial charge >= 0.3 is 5.97 Å². The number of aromatic nitrogens is 2. The standard InChI is InChI=1S/C11H17N3O2/c1-8-4-3-5-14(8)10(11(15)16)9-6-12-13(2)7-9/h6-8,10H,3-5H2,1-2H3,(H,15,16). The highest BCUT2D eigenvalue weighted by atomic mass is 16.4. The average molecular weight is 223 g/mol. The lowest BCUT2D eigenvalue weighted by Crippen LogP contribution is -2.36. The summed E-state index contributed by atoms with van der Waals surface area (Å²) in [6.07, 6.45) is 5.57. The van der Waals surface area contributed by atoms with Crippen molar-refractivity contribution in [2.24, 2.45) is 7.05 Å². The Kier molecular flexibility index (Phi) is 2.96. The van der Waals surface area contributed by atoms with E-state index in [0.717, 1.165) is 24.9 Å². The predicted octanol–water partition coefficient (Wildman–Crippen LogP) is 1.03. The van der Waals surface area contributed by atoms with Gasteiger partial charge < -0.3 is 5.11 Å². The molecule has 88 valence electrons. The Morgan fingerprint density at radius 3 is 2.88 bits per heavy atom. The molecular formula is C11H17N3O2. The van der Waals surface area contributed by atoms with Crippen molar-refractivity contribution in [3.63, 3.8) is 0 Å². The molecule has 0 radical (unpaired) electrons. The van der Waals surface area contributed by atoms with Crippen molar-refractivity contribution >= 4 is 5.97 Å². The van der Waals surface area contributed by atoms with E-state index in [0.29, 0.717) is 6.04 Å². The van der Waals surface area contributed by atoms with E-state index in [1.165, 1.54) is 0 Å². The largest absolute Gasteiger partial charge is 0.480 e. The van der Waals surface area contributed by atoms with Crippen LogP contribution in [0.15, 0.2) is 12.4 Å². The molecule has 2 rings (SSSR count). The molecule has 1 saturated heterocycles. The normalized spacial score (nSPS) is 23.5. The zero-order valence-electron chi connectivity index (χ0n) is 9.63. The van der Waals surface area contributed by atoms with Gasteiger partial charge in [0.15, 0.2) is 0 Å². The van der Waals surface area contributed by atoms with Gasteiger partial charge in [0, 0.05) is 24.8 Å². The van der Waals surface area contributed by atoms with E-state index in [1.807, 2.05) is 4.90 Å². The molecule has 1 N–H and O–H groups in total. The highest BCUT2D eigenvalue weighted by molar-refractivity contribution is 5.75. The number of rotatable bonds is 3. The summed E-state index contributed by atoms with van der Waals surface area (Å²) < 4.78 is 1.64. The first-order chi connectivity index (χ1) is 7.59. The highest BCUT2D eigenvalue weighted by Crippen LogP contribution is 2.29. The average Bonchev–Trinajstić information content (AvgIpc) is 2.78. The second-order valence-electron chi connectivity index (χ2n) is 4.42. The number of likely N-dealkylation sites (tertiary alicyclic amines) is 1. The second-order valence-corrected chi connectivity index (χ2v) is 4.42. The minimum Gasteiger partial charge on any atom is -0.480 e. The first-order valence-electron chi connectivity index (χ1n) is 5.56. The molecule has 1 aliphatic heterocycles. The van der Waals surface area contributed by atoms with E-state index in [1.54, 1.807) is 24.1 Å². The third-order valence-corrected chi connectivity index (χ3v) is 3.21. The van der Waals surface area contributed by atoms with Gasteiger partial charge in [-0.05, 0) is 26.3 Å². The molecule has 0 bridgehead atoms. The molecular weight excluding hydrogens is 206 g/mol. The van der Waals surface area contributed by atoms with Gasteiger partial charge in [-0.1, -0.05) is 0 Å². The van der Waals surface area contributed by atoms with Gasteiger partial charge in [-0.25, -0.2) is 0 Å². The topological polar surface area (TPSA) is 58.4 Å². The Labute approximate surface area is 94.7 Å². The SMILES string of the molecule is CC1CCCN1C(C(=O)O)c1cnn(C)c1. The fraction of sp³-hybridized carbons (Fsp3) is 0.636. The Morgan fingerprint density at radius 2 is 2.44 bits per heavy atom. The van der Waals surface area contributed by atoms with Crippen LogP contribution in [0.1, 0.15) is 31.4 Å². The maximum atomic E-state index is 11.4. The Morgan fingerprint density at radius 1 is 1.69 bits per heavy atom. The fourth-order valence-electron chi connectivity index (χ4n) is 2.40.